The maximum atomic E-state index is 11.3. The molecule has 2 fully saturated rings. The van der Waals surface area contributed by atoms with Crippen LogP contribution in [0, 0.1) is 17.8 Å². The monoisotopic (exact) mass is 400 g/mol. The van der Waals surface area contributed by atoms with E-state index in [4.69, 9.17) is 4.74 Å². The summed E-state index contributed by atoms with van der Waals surface area (Å²) in [5, 5.41) is 30.2. The molecule has 5 heteroatoms. The molecule has 0 aromatic heterocycles. The van der Waals surface area contributed by atoms with E-state index in [1.807, 2.05) is 18.2 Å². The molecule has 2 aliphatic carbocycles. The molecule has 3 N–H and O–H groups in total. The van der Waals surface area contributed by atoms with Gasteiger partial charge in [-0.3, -0.25) is 0 Å². The number of hydrogen-bond acceptors (Lipinski definition) is 4. The van der Waals surface area contributed by atoms with E-state index in [0.29, 0.717) is 12.2 Å². The van der Waals surface area contributed by atoms with Gasteiger partial charge in [-0.2, -0.15) is 0 Å². The Labute approximate surface area is 172 Å². The van der Waals surface area contributed by atoms with E-state index in [9.17, 15) is 20.1 Å². The first-order valence-electron chi connectivity index (χ1n) is 11.1. The molecule has 5 atom stereocenters. The Morgan fingerprint density at radius 3 is 2.86 bits per heavy atom. The standard InChI is InChI=1S/C24H32O5/c25-18(5-1-3-15-7-8-15)11-12-19-20-6-2-4-16-9-10-17(24(27)28)13-22(16)29-23(20)14-21(19)26/h9-13,15,18-21,23,25-26H,1-8,14H2,(H,27,28)/b12-11+/t18-,19+,20?,21+,23-/m0/s1. The molecule has 29 heavy (non-hydrogen) atoms. The summed E-state index contributed by atoms with van der Waals surface area (Å²) in [5.74, 6) is 0.721. The van der Waals surface area contributed by atoms with Crippen molar-refractivity contribution < 1.29 is 24.9 Å². The van der Waals surface area contributed by atoms with Gasteiger partial charge in [0.25, 0.3) is 0 Å². The van der Waals surface area contributed by atoms with E-state index in [2.05, 4.69) is 0 Å². The van der Waals surface area contributed by atoms with Gasteiger partial charge in [0.05, 0.1) is 17.8 Å². The number of ether oxygens (including phenoxy) is 1. The summed E-state index contributed by atoms with van der Waals surface area (Å²) < 4.78 is 6.24. The third-order valence-electron chi connectivity index (χ3n) is 6.83. The van der Waals surface area contributed by atoms with Gasteiger partial charge in [0.1, 0.15) is 11.9 Å². The van der Waals surface area contributed by atoms with Gasteiger partial charge in [0.2, 0.25) is 0 Å². The van der Waals surface area contributed by atoms with Crippen LogP contribution in [-0.4, -0.2) is 39.6 Å². The lowest BCUT2D eigenvalue weighted by Gasteiger charge is -2.28. The number of aliphatic hydroxyl groups excluding tert-OH is 2. The minimum Gasteiger partial charge on any atom is -0.490 e. The van der Waals surface area contributed by atoms with E-state index < -0.39 is 18.2 Å². The van der Waals surface area contributed by atoms with Crippen LogP contribution in [0.1, 0.15) is 67.3 Å². The molecule has 158 valence electrons. The number of carboxylic acid groups (broad SMARTS) is 1. The molecule has 1 aromatic rings. The van der Waals surface area contributed by atoms with Crippen LogP contribution in [-0.2, 0) is 6.42 Å². The first-order valence-corrected chi connectivity index (χ1v) is 11.1. The zero-order valence-corrected chi connectivity index (χ0v) is 16.9. The van der Waals surface area contributed by atoms with Gasteiger partial charge in [-0.1, -0.05) is 43.9 Å². The van der Waals surface area contributed by atoms with Gasteiger partial charge >= 0.3 is 5.97 Å². The van der Waals surface area contributed by atoms with Crippen LogP contribution in [0.2, 0.25) is 0 Å². The Balaban J connectivity index is 1.41. The lowest BCUT2D eigenvalue weighted by molar-refractivity contribution is 0.0695. The van der Waals surface area contributed by atoms with Crippen LogP contribution in [0.3, 0.4) is 0 Å². The fourth-order valence-corrected chi connectivity index (χ4v) is 4.96. The topological polar surface area (TPSA) is 87.0 Å². The van der Waals surface area contributed by atoms with Crippen molar-refractivity contribution in [1.29, 1.82) is 0 Å². The van der Waals surface area contributed by atoms with Crippen LogP contribution in [0.4, 0.5) is 0 Å². The highest BCUT2D eigenvalue weighted by Crippen LogP contribution is 2.42. The molecule has 0 radical (unpaired) electrons. The number of fused-ring (bicyclic) bond motifs is 2. The number of rotatable bonds is 7. The Morgan fingerprint density at radius 1 is 1.28 bits per heavy atom. The third kappa shape index (κ3) is 5.01. The van der Waals surface area contributed by atoms with Crippen molar-refractivity contribution in [2.45, 2.75) is 76.1 Å². The van der Waals surface area contributed by atoms with E-state index >= 15 is 0 Å². The summed E-state index contributed by atoms with van der Waals surface area (Å²) in [4.78, 5) is 11.3. The summed E-state index contributed by atoms with van der Waals surface area (Å²) in [5.41, 5.74) is 1.26. The summed E-state index contributed by atoms with van der Waals surface area (Å²) in [6.07, 6.45) is 11.8. The SMILES string of the molecule is O=C(O)c1ccc2c(c1)O[C@H]1C[C@@H](O)[C@H](/C=C/[C@@H](O)CCCC3CC3)C1CCC2. The van der Waals surface area contributed by atoms with E-state index in [0.717, 1.165) is 43.6 Å². The normalized spacial score (nSPS) is 30.1. The highest BCUT2D eigenvalue weighted by Gasteiger charge is 2.43. The Kier molecular flexibility index (Phi) is 6.26. The highest BCUT2D eigenvalue weighted by molar-refractivity contribution is 5.88. The quantitative estimate of drug-likeness (QED) is 0.603. The van der Waals surface area contributed by atoms with Gasteiger partial charge in [-0.05, 0) is 49.3 Å². The molecule has 1 aliphatic heterocycles. The van der Waals surface area contributed by atoms with Gasteiger partial charge < -0.3 is 20.1 Å². The fraction of sp³-hybridized carbons (Fsp3) is 0.625. The van der Waals surface area contributed by atoms with E-state index in [1.165, 1.54) is 19.3 Å². The Morgan fingerprint density at radius 2 is 2.10 bits per heavy atom. The molecule has 1 unspecified atom stereocenters. The largest absolute Gasteiger partial charge is 0.490 e. The summed E-state index contributed by atoms with van der Waals surface area (Å²) in [6.45, 7) is 0. The van der Waals surface area contributed by atoms with Crippen molar-refractivity contribution in [2.24, 2.45) is 17.8 Å². The fourth-order valence-electron chi connectivity index (χ4n) is 4.96. The number of carboxylic acids is 1. The summed E-state index contributed by atoms with van der Waals surface area (Å²) in [7, 11) is 0. The zero-order valence-electron chi connectivity index (χ0n) is 16.9. The molecular weight excluding hydrogens is 368 g/mol. The number of aryl methyl sites for hydroxylation is 1. The van der Waals surface area contributed by atoms with Crippen molar-refractivity contribution in [3.8, 4) is 5.75 Å². The molecule has 0 saturated heterocycles. The van der Waals surface area contributed by atoms with Crippen molar-refractivity contribution in [2.75, 3.05) is 0 Å². The average Bonchev–Trinajstić information content (AvgIpc) is 3.45. The van der Waals surface area contributed by atoms with Crippen LogP contribution >= 0.6 is 0 Å². The molecule has 2 saturated carbocycles. The van der Waals surface area contributed by atoms with Crippen molar-refractivity contribution in [3.05, 3.63) is 41.5 Å². The van der Waals surface area contributed by atoms with Crippen molar-refractivity contribution >= 4 is 5.97 Å². The maximum Gasteiger partial charge on any atom is 0.335 e. The predicted molar refractivity (Wildman–Crippen MR) is 110 cm³/mol. The van der Waals surface area contributed by atoms with Crippen molar-refractivity contribution in [1.82, 2.24) is 0 Å². The Hall–Kier alpha value is -1.85. The summed E-state index contributed by atoms with van der Waals surface area (Å²) >= 11 is 0. The molecule has 1 heterocycles. The van der Waals surface area contributed by atoms with E-state index in [1.54, 1.807) is 12.1 Å². The second-order valence-electron chi connectivity index (χ2n) is 9.05. The highest BCUT2D eigenvalue weighted by atomic mass is 16.5. The lowest BCUT2D eigenvalue weighted by atomic mass is 9.86. The third-order valence-corrected chi connectivity index (χ3v) is 6.83. The van der Waals surface area contributed by atoms with Crippen LogP contribution in [0.5, 0.6) is 5.75 Å². The number of benzene rings is 1. The number of aromatic carboxylic acids is 1. The first kappa shape index (κ1) is 20.4. The minimum absolute atomic E-state index is 0.0257. The molecule has 0 amide bonds. The average molecular weight is 401 g/mol. The van der Waals surface area contributed by atoms with Crippen molar-refractivity contribution in [3.63, 3.8) is 0 Å². The van der Waals surface area contributed by atoms with Gasteiger partial charge in [0.15, 0.2) is 0 Å². The van der Waals surface area contributed by atoms with Crippen LogP contribution < -0.4 is 4.74 Å². The van der Waals surface area contributed by atoms with Gasteiger partial charge in [-0.25, -0.2) is 4.79 Å². The minimum atomic E-state index is -0.960. The predicted octanol–water partition coefficient (Wildman–Crippen LogP) is 3.96. The van der Waals surface area contributed by atoms with E-state index in [-0.39, 0.29) is 23.5 Å². The van der Waals surface area contributed by atoms with Gasteiger partial charge in [0, 0.05) is 18.3 Å². The molecule has 5 nitrogen and oxygen atoms in total. The molecule has 1 aromatic carbocycles. The summed E-state index contributed by atoms with van der Waals surface area (Å²) in [6, 6.07) is 5.09. The Bertz CT molecular complexity index is 754. The molecule has 4 rings (SSSR count). The maximum absolute atomic E-state index is 11.3. The molecule has 0 bridgehead atoms. The molecule has 3 aliphatic rings. The number of hydrogen-bond donors (Lipinski definition) is 3. The number of carbonyl (C=O) groups is 1. The molecular formula is C24H32O5. The lowest BCUT2D eigenvalue weighted by Crippen LogP contribution is -2.27. The second kappa shape index (κ2) is 8.88. The molecule has 0 spiro atoms. The smallest absolute Gasteiger partial charge is 0.335 e. The first-order chi connectivity index (χ1) is 14.0. The second-order valence-corrected chi connectivity index (χ2v) is 9.05. The van der Waals surface area contributed by atoms with Crippen LogP contribution in [0.15, 0.2) is 30.4 Å². The number of aliphatic hydroxyl groups is 2. The van der Waals surface area contributed by atoms with Crippen LogP contribution in [0.25, 0.3) is 0 Å². The zero-order chi connectivity index (χ0) is 20.4. The van der Waals surface area contributed by atoms with Gasteiger partial charge in [-0.15, -0.1) is 0 Å².